The van der Waals surface area contributed by atoms with Crippen LogP contribution in [-0.2, 0) is 9.53 Å². The van der Waals surface area contributed by atoms with Gasteiger partial charge in [0, 0.05) is 12.1 Å². The topological polar surface area (TPSA) is 32.8 Å². The maximum absolute atomic E-state index is 11.9. The lowest BCUT2D eigenvalue weighted by Crippen LogP contribution is -2.53. The predicted octanol–water partition coefficient (Wildman–Crippen LogP) is 1.50. The van der Waals surface area contributed by atoms with Crippen LogP contribution in [0, 0.1) is 0 Å². The van der Waals surface area contributed by atoms with Gasteiger partial charge in [-0.1, -0.05) is 6.42 Å². The van der Waals surface area contributed by atoms with Crippen molar-refractivity contribution in [1.29, 1.82) is 0 Å². The van der Waals surface area contributed by atoms with Crippen molar-refractivity contribution in [3.05, 3.63) is 0 Å². The molecule has 0 aromatic carbocycles. The lowest BCUT2D eigenvalue weighted by Gasteiger charge is -2.42. The molecule has 0 aliphatic carbocycles. The molecule has 0 N–H and O–H groups in total. The van der Waals surface area contributed by atoms with Crippen molar-refractivity contribution in [3.63, 3.8) is 0 Å². The van der Waals surface area contributed by atoms with Gasteiger partial charge >= 0.3 is 5.97 Å². The highest BCUT2D eigenvalue weighted by Gasteiger charge is 2.44. The van der Waals surface area contributed by atoms with Crippen molar-refractivity contribution in [3.8, 4) is 0 Å². The SMILES string of the molecule is CCOC(=O)CC1(N2CCCCC2)CCN(C)C1. The minimum Gasteiger partial charge on any atom is -0.466 e. The second kappa shape index (κ2) is 6.02. The first kappa shape index (κ1) is 13.8. The van der Waals surface area contributed by atoms with E-state index in [0.29, 0.717) is 13.0 Å². The van der Waals surface area contributed by atoms with Crippen LogP contribution in [0.1, 0.15) is 39.0 Å². The summed E-state index contributed by atoms with van der Waals surface area (Å²) >= 11 is 0. The van der Waals surface area contributed by atoms with E-state index < -0.39 is 0 Å². The minimum absolute atomic E-state index is 0.0293. The van der Waals surface area contributed by atoms with Crippen molar-refractivity contribution in [2.45, 2.75) is 44.6 Å². The third-order valence-electron chi connectivity index (χ3n) is 4.33. The van der Waals surface area contributed by atoms with Gasteiger partial charge in [-0.2, -0.15) is 0 Å². The third kappa shape index (κ3) is 3.04. The van der Waals surface area contributed by atoms with Crippen LogP contribution in [0.2, 0.25) is 0 Å². The van der Waals surface area contributed by atoms with Gasteiger partial charge < -0.3 is 9.64 Å². The van der Waals surface area contributed by atoms with E-state index in [2.05, 4.69) is 16.8 Å². The van der Waals surface area contributed by atoms with Crippen molar-refractivity contribution >= 4 is 5.97 Å². The Hall–Kier alpha value is -0.610. The van der Waals surface area contributed by atoms with E-state index >= 15 is 0 Å². The number of likely N-dealkylation sites (tertiary alicyclic amines) is 2. The lowest BCUT2D eigenvalue weighted by atomic mass is 9.89. The molecule has 0 saturated carbocycles. The van der Waals surface area contributed by atoms with Crippen LogP contribution < -0.4 is 0 Å². The van der Waals surface area contributed by atoms with E-state index in [-0.39, 0.29) is 11.5 Å². The quantitative estimate of drug-likeness (QED) is 0.712. The zero-order valence-corrected chi connectivity index (χ0v) is 11.8. The van der Waals surface area contributed by atoms with Crippen LogP contribution in [-0.4, -0.2) is 61.1 Å². The Kier molecular flexibility index (Phi) is 4.62. The molecule has 2 aliphatic heterocycles. The maximum Gasteiger partial charge on any atom is 0.307 e. The number of esters is 1. The normalized spacial score (nSPS) is 30.6. The molecule has 0 radical (unpaired) electrons. The van der Waals surface area contributed by atoms with Gasteiger partial charge in [0.25, 0.3) is 0 Å². The molecule has 18 heavy (non-hydrogen) atoms. The number of rotatable bonds is 4. The average Bonchev–Trinajstić information content (AvgIpc) is 2.73. The zero-order chi connectivity index (χ0) is 13.0. The summed E-state index contributed by atoms with van der Waals surface area (Å²) in [6.45, 7) is 6.76. The fourth-order valence-electron chi connectivity index (χ4n) is 3.42. The zero-order valence-electron chi connectivity index (χ0n) is 11.8. The van der Waals surface area contributed by atoms with Crippen molar-refractivity contribution in [1.82, 2.24) is 9.80 Å². The van der Waals surface area contributed by atoms with Crippen LogP contribution in [0.15, 0.2) is 0 Å². The number of hydrogen-bond acceptors (Lipinski definition) is 4. The predicted molar refractivity (Wildman–Crippen MR) is 71.5 cm³/mol. The Morgan fingerprint density at radius 2 is 1.94 bits per heavy atom. The largest absolute Gasteiger partial charge is 0.466 e. The molecule has 1 atom stereocenters. The van der Waals surface area contributed by atoms with Crippen LogP contribution in [0.4, 0.5) is 0 Å². The molecule has 104 valence electrons. The van der Waals surface area contributed by atoms with Crippen LogP contribution >= 0.6 is 0 Å². The Balaban J connectivity index is 2.05. The highest BCUT2D eigenvalue weighted by atomic mass is 16.5. The number of nitrogens with zero attached hydrogens (tertiary/aromatic N) is 2. The number of likely N-dealkylation sites (N-methyl/N-ethyl adjacent to an activating group) is 1. The summed E-state index contributed by atoms with van der Waals surface area (Å²) < 4.78 is 5.17. The highest BCUT2D eigenvalue weighted by molar-refractivity contribution is 5.71. The summed E-state index contributed by atoms with van der Waals surface area (Å²) in [7, 11) is 2.15. The molecule has 4 heteroatoms. The Morgan fingerprint density at radius 1 is 1.22 bits per heavy atom. The van der Waals surface area contributed by atoms with E-state index in [1.54, 1.807) is 0 Å². The second-order valence-electron chi connectivity index (χ2n) is 5.74. The monoisotopic (exact) mass is 254 g/mol. The Morgan fingerprint density at radius 3 is 2.50 bits per heavy atom. The van der Waals surface area contributed by atoms with Gasteiger partial charge in [0.1, 0.15) is 0 Å². The van der Waals surface area contributed by atoms with Gasteiger partial charge in [-0.05, 0) is 52.9 Å². The van der Waals surface area contributed by atoms with E-state index in [1.807, 2.05) is 6.92 Å². The first-order valence-electron chi connectivity index (χ1n) is 7.25. The molecule has 1 unspecified atom stereocenters. The summed E-state index contributed by atoms with van der Waals surface area (Å²) in [6.07, 6.45) is 5.54. The Bertz CT molecular complexity index is 290. The fourth-order valence-corrected chi connectivity index (χ4v) is 3.42. The lowest BCUT2D eigenvalue weighted by molar-refractivity contribution is -0.146. The van der Waals surface area contributed by atoms with Gasteiger partial charge in [0.05, 0.1) is 13.0 Å². The molecule has 2 heterocycles. The molecule has 0 bridgehead atoms. The van der Waals surface area contributed by atoms with E-state index in [1.165, 1.54) is 19.3 Å². The first-order chi connectivity index (χ1) is 8.66. The van der Waals surface area contributed by atoms with Crippen LogP contribution in [0.3, 0.4) is 0 Å². The minimum atomic E-state index is -0.0293. The number of hydrogen-bond donors (Lipinski definition) is 0. The summed E-state index contributed by atoms with van der Waals surface area (Å²) in [6, 6.07) is 0. The summed E-state index contributed by atoms with van der Waals surface area (Å²) in [5.41, 5.74) is 0.0431. The van der Waals surface area contributed by atoms with Crippen molar-refractivity contribution < 1.29 is 9.53 Å². The first-order valence-corrected chi connectivity index (χ1v) is 7.25. The third-order valence-corrected chi connectivity index (χ3v) is 4.33. The van der Waals surface area contributed by atoms with Gasteiger partial charge in [-0.3, -0.25) is 9.69 Å². The van der Waals surface area contributed by atoms with Gasteiger partial charge in [0.15, 0.2) is 0 Å². The smallest absolute Gasteiger partial charge is 0.307 e. The van der Waals surface area contributed by atoms with Crippen molar-refractivity contribution in [2.24, 2.45) is 0 Å². The van der Waals surface area contributed by atoms with Gasteiger partial charge in [0.2, 0.25) is 0 Å². The highest BCUT2D eigenvalue weighted by Crippen LogP contribution is 2.33. The van der Waals surface area contributed by atoms with Gasteiger partial charge in [-0.25, -0.2) is 0 Å². The van der Waals surface area contributed by atoms with E-state index in [4.69, 9.17) is 4.74 Å². The summed E-state index contributed by atoms with van der Waals surface area (Å²) in [5.74, 6) is -0.0293. The molecule has 0 aromatic heterocycles. The Labute approximate surface area is 110 Å². The number of ether oxygens (including phenoxy) is 1. The van der Waals surface area contributed by atoms with E-state index in [9.17, 15) is 4.79 Å². The molecule has 2 fully saturated rings. The molecule has 2 saturated heterocycles. The number of piperidine rings is 1. The van der Waals surface area contributed by atoms with Crippen molar-refractivity contribution in [2.75, 3.05) is 39.8 Å². The number of carbonyl (C=O) groups excluding carboxylic acids is 1. The molecular weight excluding hydrogens is 228 g/mol. The van der Waals surface area contributed by atoms with Crippen LogP contribution in [0.5, 0.6) is 0 Å². The molecular formula is C14H26N2O2. The van der Waals surface area contributed by atoms with Crippen LogP contribution in [0.25, 0.3) is 0 Å². The van der Waals surface area contributed by atoms with E-state index in [0.717, 1.165) is 32.6 Å². The molecule has 0 aromatic rings. The second-order valence-corrected chi connectivity index (χ2v) is 5.74. The molecule has 4 nitrogen and oxygen atoms in total. The molecule has 2 aliphatic rings. The molecule has 2 rings (SSSR count). The van der Waals surface area contributed by atoms with Gasteiger partial charge in [-0.15, -0.1) is 0 Å². The maximum atomic E-state index is 11.9. The summed E-state index contributed by atoms with van der Waals surface area (Å²) in [5, 5.41) is 0. The average molecular weight is 254 g/mol. The standard InChI is InChI=1S/C14H26N2O2/c1-3-18-13(17)11-14(7-10-15(2)12-14)16-8-5-4-6-9-16/h3-12H2,1-2H3. The molecule has 0 spiro atoms. The number of carbonyl (C=O) groups is 1. The molecule has 0 amide bonds. The summed E-state index contributed by atoms with van der Waals surface area (Å²) in [4.78, 5) is 16.8. The fraction of sp³-hybridized carbons (Fsp3) is 0.929.